The van der Waals surface area contributed by atoms with Gasteiger partial charge < -0.3 is 19.7 Å². The van der Waals surface area contributed by atoms with Crippen molar-refractivity contribution < 1.29 is 27.4 Å². The summed E-state index contributed by atoms with van der Waals surface area (Å²) in [6.45, 7) is 0.763. The van der Waals surface area contributed by atoms with E-state index in [0.29, 0.717) is 41.0 Å². The van der Waals surface area contributed by atoms with Crippen molar-refractivity contribution in [2.75, 3.05) is 37.5 Å². The molecule has 5 nitrogen and oxygen atoms in total. The fourth-order valence-corrected chi connectivity index (χ4v) is 3.00. The molecular weight excluding hydrogens is 409 g/mol. The number of carbonyl (C=O) groups excluding carboxylic acids is 1. The van der Waals surface area contributed by atoms with E-state index < -0.39 is 17.6 Å². The summed E-state index contributed by atoms with van der Waals surface area (Å²) in [5, 5.41) is 2.60. The number of hydrogen-bond acceptors (Lipinski definition) is 4. The number of nitrogens with one attached hydrogen (secondary N) is 1. The van der Waals surface area contributed by atoms with Crippen molar-refractivity contribution >= 4 is 35.0 Å². The normalized spacial score (nSPS) is 13.4. The molecule has 2 aromatic carbocycles. The van der Waals surface area contributed by atoms with Crippen LogP contribution in [0.2, 0.25) is 5.02 Å². The molecule has 0 saturated heterocycles. The molecule has 0 saturated carbocycles. The lowest BCUT2D eigenvalue weighted by Crippen LogP contribution is -2.17. The molecule has 0 unspecified atom stereocenters. The molecule has 0 spiro atoms. The number of nitrogens with zero attached hydrogens (tertiary/aromatic N) is 1. The third-order valence-corrected chi connectivity index (χ3v) is 4.41. The zero-order valence-electron chi connectivity index (χ0n) is 15.6. The number of fused-ring (bicyclic) bond motifs is 1. The van der Waals surface area contributed by atoms with Gasteiger partial charge in [0.25, 0.3) is 0 Å². The Bertz CT molecular complexity index is 959. The Morgan fingerprint density at radius 3 is 2.59 bits per heavy atom. The molecular formula is C20H18ClF3N2O3. The molecule has 1 N–H and O–H groups in total. The van der Waals surface area contributed by atoms with E-state index >= 15 is 0 Å². The van der Waals surface area contributed by atoms with Gasteiger partial charge in [0.2, 0.25) is 5.91 Å². The van der Waals surface area contributed by atoms with E-state index in [9.17, 15) is 18.0 Å². The molecule has 1 amide bonds. The third kappa shape index (κ3) is 4.95. The van der Waals surface area contributed by atoms with Crippen LogP contribution in [-0.4, -0.2) is 33.2 Å². The van der Waals surface area contributed by atoms with E-state index in [1.807, 2.05) is 0 Å². The highest BCUT2D eigenvalue weighted by molar-refractivity contribution is 6.32. The summed E-state index contributed by atoms with van der Waals surface area (Å²) in [7, 11) is 3.27. The summed E-state index contributed by atoms with van der Waals surface area (Å²) in [5.41, 5.74) is -0.323. The van der Waals surface area contributed by atoms with Crippen LogP contribution in [0.3, 0.4) is 0 Å². The zero-order chi connectivity index (χ0) is 21.2. The van der Waals surface area contributed by atoms with Gasteiger partial charge in [0.15, 0.2) is 11.5 Å². The molecule has 1 aliphatic heterocycles. The van der Waals surface area contributed by atoms with Gasteiger partial charge in [-0.05, 0) is 42.0 Å². The average Bonchev–Trinajstić information content (AvgIpc) is 2.66. The van der Waals surface area contributed by atoms with Crippen molar-refractivity contribution in [1.29, 1.82) is 0 Å². The number of alkyl halides is 3. The number of halogens is 4. The highest BCUT2D eigenvalue weighted by atomic mass is 35.5. The maximum absolute atomic E-state index is 13.4. The maximum Gasteiger partial charge on any atom is 0.418 e. The number of carbonyl (C=O) groups is 1. The van der Waals surface area contributed by atoms with Crippen LogP contribution < -0.4 is 19.7 Å². The van der Waals surface area contributed by atoms with E-state index in [1.165, 1.54) is 18.2 Å². The summed E-state index contributed by atoms with van der Waals surface area (Å²) < 4.78 is 51.0. The second-order valence-electron chi connectivity index (χ2n) is 6.47. The smallest absolute Gasteiger partial charge is 0.418 e. The van der Waals surface area contributed by atoms with Crippen LogP contribution in [0.4, 0.5) is 24.5 Å². The molecule has 9 heteroatoms. The average molecular weight is 427 g/mol. The van der Waals surface area contributed by atoms with Gasteiger partial charge in [-0.2, -0.15) is 13.2 Å². The fourth-order valence-electron chi connectivity index (χ4n) is 2.73. The molecule has 0 aliphatic carbocycles. The molecule has 2 aromatic rings. The fraction of sp³-hybridized carbons (Fsp3) is 0.250. The first kappa shape index (κ1) is 20.9. The molecule has 29 heavy (non-hydrogen) atoms. The van der Waals surface area contributed by atoms with E-state index in [-0.39, 0.29) is 5.69 Å². The Morgan fingerprint density at radius 1 is 1.17 bits per heavy atom. The molecule has 0 radical (unpaired) electrons. The summed E-state index contributed by atoms with van der Waals surface area (Å²) in [6, 6.07) is 6.92. The van der Waals surface area contributed by atoms with Crippen molar-refractivity contribution in [3.8, 4) is 11.5 Å². The maximum atomic E-state index is 13.4. The van der Waals surface area contributed by atoms with Crippen molar-refractivity contribution in [3.63, 3.8) is 0 Å². The summed E-state index contributed by atoms with van der Waals surface area (Å²) in [4.78, 5) is 13.7. The van der Waals surface area contributed by atoms with Gasteiger partial charge in [-0.15, -0.1) is 0 Å². The van der Waals surface area contributed by atoms with Gasteiger partial charge in [0, 0.05) is 25.9 Å². The van der Waals surface area contributed by atoms with Gasteiger partial charge in [-0.1, -0.05) is 11.6 Å². The third-order valence-electron chi connectivity index (χ3n) is 4.13. The van der Waals surface area contributed by atoms with E-state index in [0.717, 1.165) is 12.1 Å². The SMILES string of the molecule is CN(C)c1ccc(NC(=O)C=Cc2cc(Cl)c3c(c2)OCCO3)c(C(F)(F)F)c1. The van der Waals surface area contributed by atoms with Gasteiger partial charge in [-0.3, -0.25) is 4.79 Å². The van der Waals surface area contributed by atoms with Crippen molar-refractivity contribution in [2.45, 2.75) is 6.18 Å². The molecule has 0 aromatic heterocycles. The molecule has 0 bridgehead atoms. The van der Waals surface area contributed by atoms with Crippen molar-refractivity contribution in [1.82, 2.24) is 0 Å². The minimum atomic E-state index is -4.61. The second-order valence-corrected chi connectivity index (χ2v) is 6.88. The first-order valence-corrected chi connectivity index (χ1v) is 9.00. The zero-order valence-corrected chi connectivity index (χ0v) is 16.4. The van der Waals surface area contributed by atoms with Crippen LogP contribution >= 0.6 is 11.6 Å². The summed E-state index contributed by atoms with van der Waals surface area (Å²) in [5.74, 6) is 0.164. The van der Waals surface area contributed by atoms with Crippen LogP contribution in [-0.2, 0) is 11.0 Å². The Morgan fingerprint density at radius 2 is 1.90 bits per heavy atom. The number of anilines is 2. The molecule has 0 atom stereocenters. The van der Waals surface area contributed by atoms with Crippen LogP contribution in [0.1, 0.15) is 11.1 Å². The molecule has 3 rings (SSSR count). The highest BCUT2D eigenvalue weighted by Crippen LogP contribution is 2.39. The Hall–Kier alpha value is -2.87. The molecule has 154 valence electrons. The van der Waals surface area contributed by atoms with E-state index in [4.69, 9.17) is 21.1 Å². The van der Waals surface area contributed by atoms with Gasteiger partial charge in [0.05, 0.1) is 16.3 Å². The Balaban J connectivity index is 1.80. The summed E-state index contributed by atoms with van der Waals surface area (Å²) in [6.07, 6.45) is -2.05. The molecule has 1 heterocycles. The summed E-state index contributed by atoms with van der Waals surface area (Å²) >= 11 is 6.14. The molecule has 0 fully saturated rings. The van der Waals surface area contributed by atoms with Gasteiger partial charge >= 0.3 is 6.18 Å². The Labute approximate surface area is 170 Å². The van der Waals surface area contributed by atoms with E-state index in [2.05, 4.69) is 5.32 Å². The first-order chi connectivity index (χ1) is 13.6. The Kier molecular flexibility index (Phi) is 5.93. The number of hydrogen-bond donors (Lipinski definition) is 1. The van der Waals surface area contributed by atoms with Crippen molar-refractivity contribution in [3.05, 3.63) is 52.6 Å². The minimum absolute atomic E-state index is 0.320. The quantitative estimate of drug-likeness (QED) is 0.710. The minimum Gasteiger partial charge on any atom is -0.486 e. The number of amides is 1. The lowest BCUT2D eigenvalue weighted by Gasteiger charge is -2.19. The van der Waals surface area contributed by atoms with Crippen molar-refractivity contribution in [2.24, 2.45) is 0 Å². The number of rotatable bonds is 4. The predicted octanol–water partition coefficient (Wildman–Crippen LogP) is 4.85. The molecule has 1 aliphatic rings. The van der Waals surface area contributed by atoms with Gasteiger partial charge in [0.1, 0.15) is 13.2 Å². The number of ether oxygens (including phenoxy) is 2. The van der Waals surface area contributed by atoms with Crippen LogP contribution in [0.5, 0.6) is 11.5 Å². The first-order valence-electron chi connectivity index (χ1n) is 8.62. The topological polar surface area (TPSA) is 50.8 Å². The largest absolute Gasteiger partial charge is 0.486 e. The van der Waals surface area contributed by atoms with E-state index in [1.54, 1.807) is 31.1 Å². The standard InChI is InChI=1S/C20H18ClF3N2O3/c1-26(2)13-4-5-16(14(11-13)20(22,23)24)25-18(27)6-3-12-9-15(21)19-17(10-12)28-7-8-29-19/h3-6,9-11H,7-8H2,1-2H3,(H,25,27). The van der Waals surface area contributed by atoms with Gasteiger partial charge in [-0.25, -0.2) is 0 Å². The monoisotopic (exact) mass is 426 g/mol. The van der Waals surface area contributed by atoms with Crippen LogP contribution in [0, 0.1) is 0 Å². The second kappa shape index (κ2) is 8.24. The lowest BCUT2D eigenvalue weighted by molar-refractivity contribution is -0.136. The number of benzene rings is 2. The lowest BCUT2D eigenvalue weighted by atomic mass is 10.1. The predicted molar refractivity (Wildman–Crippen MR) is 106 cm³/mol. The van der Waals surface area contributed by atoms with Crippen LogP contribution in [0.15, 0.2) is 36.4 Å². The highest BCUT2D eigenvalue weighted by Gasteiger charge is 2.34. The van der Waals surface area contributed by atoms with Crippen LogP contribution in [0.25, 0.3) is 6.08 Å².